The Morgan fingerprint density at radius 1 is 1.30 bits per heavy atom. The molecule has 2 atom stereocenters. The zero-order chi connectivity index (χ0) is 14.1. The molecule has 0 saturated carbocycles. The average molecular weight is 271 g/mol. The molecule has 0 fully saturated rings. The molecule has 1 unspecified atom stereocenters. The van der Waals surface area contributed by atoms with Crippen LogP contribution < -0.4 is 10.5 Å². The largest absolute Gasteiger partial charge is 0.493 e. The standard InChI is InChI=1S/C17H18FNO/c1-11(19)15-7-6-14(9-17(15)18)20-10-13-8-12-4-2-3-5-16(12)13/h2-7,9,11,13H,8,10,19H2,1H3/t11-,13?/m1/s1. The van der Waals surface area contributed by atoms with Gasteiger partial charge >= 0.3 is 0 Å². The van der Waals surface area contributed by atoms with Gasteiger partial charge in [0.05, 0.1) is 6.61 Å². The first-order valence-corrected chi connectivity index (χ1v) is 6.91. The van der Waals surface area contributed by atoms with Crippen LogP contribution in [0.25, 0.3) is 0 Å². The topological polar surface area (TPSA) is 35.2 Å². The van der Waals surface area contributed by atoms with Crippen molar-refractivity contribution in [3.05, 3.63) is 65.0 Å². The van der Waals surface area contributed by atoms with Crippen LogP contribution in [0.1, 0.15) is 35.6 Å². The van der Waals surface area contributed by atoms with Gasteiger partial charge in [0, 0.05) is 23.6 Å². The van der Waals surface area contributed by atoms with Crippen LogP contribution in [0.15, 0.2) is 42.5 Å². The fourth-order valence-electron chi connectivity index (χ4n) is 2.68. The van der Waals surface area contributed by atoms with E-state index in [0.717, 1.165) is 6.42 Å². The Morgan fingerprint density at radius 3 is 2.80 bits per heavy atom. The lowest BCUT2D eigenvalue weighted by molar-refractivity contribution is 0.274. The molecule has 1 aliphatic rings. The second kappa shape index (κ2) is 5.25. The number of fused-ring (bicyclic) bond motifs is 1. The van der Waals surface area contributed by atoms with E-state index in [1.165, 1.54) is 17.2 Å². The van der Waals surface area contributed by atoms with Gasteiger partial charge in [-0.1, -0.05) is 30.3 Å². The summed E-state index contributed by atoms with van der Waals surface area (Å²) in [4.78, 5) is 0. The van der Waals surface area contributed by atoms with Gasteiger partial charge in [-0.05, 0) is 30.5 Å². The molecule has 0 radical (unpaired) electrons. The van der Waals surface area contributed by atoms with Crippen LogP contribution >= 0.6 is 0 Å². The molecule has 2 nitrogen and oxygen atoms in total. The lowest BCUT2D eigenvalue weighted by atomic mass is 9.78. The average Bonchev–Trinajstić information content (AvgIpc) is 2.39. The minimum absolute atomic E-state index is 0.300. The van der Waals surface area contributed by atoms with Crippen molar-refractivity contribution in [3.63, 3.8) is 0 Å². The molecular formula is C17H18FNO. The summed E-state index contributed by atoms with van der Waals surface area (Å²) >= 11 is 0. The second-order valence-electron chi connectivity index (χ2n) is 5.38. The Hall–Kier alpha value is -1.87. The van der Waals surface area contributed by atoms with Gasteiger partial charge in [0.1, 0.15) is 11.6 Å². The highest BCUT2D eigenvalue weighted by Gasteiger charge is 2.25. The maximum absolute atomic E-state index is 13.8. The van der Waals surface area contributed by atoms with Crippen LogP contribution in [0.3, 0.4) is 0 Å². The van der Waals surface area contributed by atoms with Gasteiger partial charge in [-0.2, -0.15) is 0 Å². The van der Waals surface area contributed by atoms with Crippen molar-refractivity contribution >= 4 is 0 Å². The summed E-state index contributed by atoms with van der Waals surface area (Å²) in [6.45, 7) is 2.36. The fraction of sp³-hybridized carbons (Fsp3) is 0.294. The Kier molecular flexibility index (Phi) is 3.45. The van der Waals surface area contributed by atoms with Crippen molar-refractivity contribution in [1.29, 1.82) is 0 Å². The molecular weight excluding hydrogens is 253 g/mol. The molecule has 104 valence electrons. The number of ether oxygens (including phenoxy) is 1. The maximum Gasteiger partial charge on any atom is 0.131 e. The van der Waals surface area contributed by atoms with E-state index >= 15 is 0 Å². The van der Waals surface area contributed by atoms with Crippen molar-refractivity contribution in [3.8, 4) is 5.75 Å². The highest BCUT2D eigenvalue weighted by Crippen LogP contribution is 2.35. The van der Waals surface area contributed by atoms with E-state index in [-0.39, 0.29) is 11.9 Å². The zero-order valence-corrected chi connectivity index (χ0v) is 11.5. The first kappa shape index (κ1) is 13.1. The summed E-state index contributed by atoms with van der Waals surface area (Å²) in [6.07, 6.45) is 1.04. The number of hydrogen-bond donors (Lipinski definition) is 1. The van der Waals surface area contributed by atoms with Gasteiger partial charge in [-0.25, -0.2) is 4.39 Å². The van der Waals surface area contributed by atoms with Gasteiger partial charge in [0.25, 0.3) is 0 Å². The van der Waals surface area contributed by atoms with E-state index in [9.17, 15) is 4.39 Å². The third-order valence-electron chi connectivity index (χ3n) is 3.87. The molecule has 0 amide bonds. The molecule has 2 aromatic rings. The monoisotopic (exact) mass is 271 g/mol. The highest BCUT2D eigenvalue weighted by molar-refractivity contribution is 5.40. The number of hydrogen-bond acceptors (Lipinski definition) is 2. The van der Waals surface area contributed by atoms with E-state index < -0.39 is 0 Å². The van der Waals surface area contributed by atoms with Gasteiger partial charge in [0.2, 0.25) is 0 Å². The first-order valence-electron chi connectivity index (χ1n) is 6.91. The summed E-state index contributed by atoms with van der Waals surface area (Å²) in [5.74, 6) is 0.685. The molecule has 20 heavy (non-hydrogen) atoms. The summed E-state index contributed by atoms with van der Waals surface area (Å²) in [6, 6.07) is 13.0. The SMILES string of the molecule is C[C@@H](N)c1ccc(OCC2Cc3ccccc32)cc1F. The van der Waals surface area contributed by atoms with E-state index in [2.05, 4.69) is 18.2 Å². The van der Waals surface area contributed by atoms with Crippen molar-refractivity contribution in [2.45, 2.75) is 25.3 Å². The minimum Gasteiger partial charge on any atom is -0.493 e. The smallest absolute Gasteiger partial charge is 0.131 e. The molecule has 3 heteroatoms. The maximum atomic E-state index is 13.8. The third-order valence-corrected chi connectivity index (χ3v) is 3.87. The Morgan fingerprint density at radius 2 is 2.10 bits per heavy atom. The molecule has 0 heterocycles. The van der Waals surface area contributed by atoms with Crippen LogP contribution in [0.2, 0.25) is 0 Å². The number of nitrogens with two attached hydrogens (primary N) is 1. The summed E-state index contributed by atoms with van der Waals surface area (Å²) < 4.78 is 19.5. The Labute approximate surface area is 118 Å². The normalized spacial score (nSPS) is 18.1. The van der Waals surface area contributed by atoms with Crippen LogP contribution in [0.5, 0.6) is 5.75 Å². The van der Waals surface area contributed by atoms with Crippen LogP contribution in [0.4, 0.5) is 4.39 Å². The Balaban J connectivity index is 1.64. The third kappa shape index (κ3) is 2.41. The molecule has 2 aromatic carbocycles. The van der Waals surface area contributed by atoms with Crippen molar-refractivity contribution < 1.29 is 9.13 Å². The summed E-state index contributed by atoms with van der Waals surface area (Å²) in [5, 5.41) is 0. The number of benzene rings is 2. The number of rotatable bonds is 4. The molecule has 0 saturated heterocycles. The van der Waals surface area contributed by atoms with Gasteiger partial charge in [-0.3, -0.25) is 0 Å². The second-order valence-corrected chi connectivity index (χ2v) is 5.38. The molecule has 2 N–H and O–H groups in total. The number of halogens is 1. The molecule has 0 spiro atoms. The quantitative estimate of drug-likeness (QED) is 0.922. The summed E-state index contributed by atoms with van der Waals surface area (Å²) in [7, 11) is 0. The van der Waals surface area contributed by atoms with Gasteiger partial charge < -0.3 is 10.5 Å². The van der Waals surface area contributed by atoms with Crippen LogP contribution in [-0.4, -0.2) is 6.61 Å². The lowest BCUT2D eigenvalue weighted by Gasteiger charge is -2.29. The molecule has 0 bridgehead atoms. The van der Waals surface area contributed by atoms with Gasteiger partial charge in [-0.15, -0.1) is 0 Å². The van der Waals surface area contributed by atoms with Crippen LogP contribution in [-0.2, 0) is 6.42 Å². The van der Waals surface area contributed by atoms with Crippen molar-refractivity contribution in [2.75, 3.05) is 6.61 Å². The molecule has 0 aromatic heterocycles. The first-order chi connectivity index (χ1) is 9.65. The van der Waals surface area contributed by atoms with E-state index in [4.69, 9.17) is 10.5 Å². The molecule has 0 aliphatic heterocycles. The van der Waals surface area contributed by atoms with Crippen LogP contribution in [0, 0.1) is 5.82 Å². The summed E-state index contributed by atoms with van der Waals surface area (Å²) in [5.41, 5.74) is 8.95. The van der Waals surface area contributed by atoms with E-state index in [0.29, 0.717) is 23.8 Å². The fourth-order valence-corrected chi connectivity index (χ4v) is 2.68. The van der Waals surface area contributed by atoms with Crippen molar-refractivity contribution in [1.82, 2.24) is 0 Å². The highest BCUT2D eigenvalue weighted by atomic mass is 19.1. The lowest BCUT2D eigenvalue weighted by Crippen LogP contribution is -2.23. The van der Waals surface area contributed by atoms with Crippen molar-refractivity contribution in [2.24, 2.45) is 5.73 Å². The minimum atomic E-state index is -0.303. The Bertz CT molecular complexity index is 624. The van der Waals surface area contributed by atoms with E-state index in [1.807, 2.05) is 6.07 Å². The van der Waals surface area contributed by atoms with Gasteiger partial charge in [0.15, 0.2) is 0 Å². The molecule has 3 rings (SSSR count). The van der Waals surface area contributed by atoms with E-state index in [1.54, 1.807) is 19.1 Å². The zero-order valence-electron chi connectivity index (χ0n) is 11.5. The predicted octanol–water partition coefficient (Wildman–Crippen LogP) is 3.56. The molecule has 1 aliphatic carbocycles. The predicted molar refractivity (Wildman–Crippen MR) is 77.4 cm³/mol.